The molecule has 2 aromatic rings. The SMILES string of the molecule is CC(C)C1Oc2ccc(Cl)cc2C(C(=O)NCC(=O)OC(C)(C)C)N(CCSCc2ccccc2)C1=O. The Balaban J connectivity index is 1.87. The normalized spacial score (nSPS) is 17.6. The van der Waals surface area contributed by atoms with E-state index in [2.05, 4.69) is 17.4 Å². The molecule has 2 atom stereocenters. The van der Waals surface area contributed by atoms with Gasteiger partial charge < -0.3 is 19.7 Å². The van der Waals surface area contributed by atoms with Gasteiger partial charge in [-0.1, -0.05) is 55.8 Å². The van der Waals surface area contributed by atoms with Gasteiger partial charge in [0.05, 0.1) is 0 Å². The first-order valence-electron chi connectivity index (χ1n) is 12.3. The smallest absolute Gasteiger partial charge is 0.325 e. The van der Waals surface area contributed by atoms with Gasteiger partial charge >= 0.3 is 5.97 Å². The highest BCUT2D eigenvalue weighted by atomic mass is 35.5. The summed E-state index contributed by atoms with van der Waals surface area (Å²) in [5.74, 6) is 0.354. The summed E-state index contributed by atoms with van der Waals surface area (Å²) in [6, 6.07) is 14.1. The second-order valence-corrected chi connectivity index (χ2v) is 11.8. The molecule has 2 unspecified atom stereocenters. The summed E-state index contributed by atoms with van der Waals surface area (Å²) in [6.07, 6.45) is -0.761. The van der Waals surface area contributed by atoms with Crippen LogP contribution in [0.25, 0.3) is 0 Å². The first kappa shape index (κ1) is 28.9. The second-order valence-electron chi connectivity index (χ2n) is 10.2. The van der Waals surface area contributed by atoms with Gasteiger partial charge in [0, 0.05) is 28.6 Å². The van der Waals surface area contributed by atoms with E-state index in [4.69, 9.17) is 21.1 Å². The molecule has 3 rings (SSSR count). The number of thioether (sulfide) groups is 1. The fourth-order valence-corrected chi connectivity index (χ4v) is 5.07. The molecular formula is C28H35ClN2O5S. The van der Waals surface area contributed by atoms with Crippen molar-refractivity contribution in [3.63, 3.8) is 0 Å². The van der Waals surface area contributed by atoms with Crippen LogP contribution in [-0.4, -0.2) is 53.2 Å². The molecule has 0 bridgehead atoms. The minimum atomic E-state index is -1.01. The molecule has 1 aliphatic rings. The molecule has 9 heteroatoms. The van der Waals surface area contributed by atoms with Crippen LogP contribution in [0, 0.1) is 5.92 Å². The van der Waals surface area contributed by atoms with Crippen LogP contribution in [0.15, 0.2) is 48.5 Å². The van der Waals surface area contributed by atoms with Crippen molar-refractivity contribution >= 4 is 41.1 Å². The van der Waals surface area contributed by atoms with Gasteiger partial charge in [0.1, 0.15) is 23.9 Å². The molecular weight excluding hydrogens is 512 g/mol. The van der Waals surface area contributed by atoms with E-state index in [1.54, 1.807) is 55.6 Å². The Morgan fingerprint density at radius 1 is 1.16 bits per heavy atom. The predicted molar refractivity (Wildman–Crippen MR) is 147 cm³/mol. The quantitative estimate of drug-likeness (QED) is 0.351. The molecule has 1 heterocycles. The standard InChI is InChI=1S/C28H35ClN2O5S/c1-18(2)25-27(34)31(13-14-37-17-19-9-7-6-8-10-19)24(21-15-20(29)11-12-22(21)35-25)26(33)30-16-23(32)36-28(3,4)5/h6-12,15,18,24-25H,13-14,16-17H2,1-5H3,(H,30,33). The molecule has 7 nitrogen and oxygen atoms in total. The number of halogens is 1. The topological polar surface area (TPSA) is 84.9 Å². The van der Waals surface area contributed by atoms with Crippen molar-refractivity contribution in [2.45, 2.75) is 58.1 Å². The molecule has 0 aliphatic carbocycles. The van der Waals surface area contributed by atoms with Crippen molar-refractivity contribution in [3.8, 4) is 5.75 Å². The third kappa shape index (κ3) is 8.14. The second kappa shape index (κ2) is 12.7. The number of carbonyl (C=O) groups excluding carboxylic acids is 3. The van der Waals surface area contributed by atoms with E-state index in [1.165, 1.54) is 5.56 Å². The van der Waals surface area contributed by atoms with Gasteiger partial charge in [-0.3, -0.25) is 14.4 Å². The number of amides is 2. The van der Waals surface area contributed by atoms with Crippen LogP contribution in [-0.2, 0) is 24.9 Å². The lowest BCUT2D eigenvalue weighted by molar-refractivity contribution is -0.155. The number of rotatable bonds is 9. The monoisotopic (exact) mass is 546 g/mol. The molecule has 1 N–H and O–H groups in total. The molecule has 0 saturated carbocycles. The van der Waals surface area contributed by atoms with E-state index in [-0.39, 0.29) is 18.4 Å². The van der Waals surface area contributed by atoms with E-state index in [1.807, 2.05) is 32.0 Å². The Kier molecular flexibility index (Phi) is 9.90. The summed E-state index contributed by atoms with van der Waals surface area (Å²) in [6.45, 7) is 9.08. The zero-order chi connectivity index (χ0) is 27.2. The van der Waals surface area contributed by atoms with Crippen molar-refractivity contribution in [3.05, 3.63) is 64.7 Å². The predicted octanol–water partition coefficient (Wildman–Crippen LogP) is 5.02. The van der Waals surface area contributed by atoms with Crippen LogP contribution in [0.4, 0.5) is 0 Å². The van der Waals surface area contributed by atoms with Gasteiger partial charge in [0.15, 0.2) is 6.10 Å². The summed E-state index contributed by atoms with van der Waals surface area (Å²) in [4.78, 5) is 41.1. The van der Waals surface area contributed by atoms with Crippen LogP contribution in [0.2, 0.25) is 5.02 Å². The van der Waals surface area contributed by atoms with Crippen LogP contribution >= 0.6 is 23.4 Å². The highest BCUT2D eigenvalue weighted by molar-refractivity contribution is 7.98. The number of nitrogens with zero attached hydrogens (tertiary/aromatic N) is 1. The average Bonchev–Trinajstić information content (AvgIpc) is 2.94. The highest BCUT2D eigenvalue weighted by Gasteiger charge is 2.42. The lowest BCUT2D eigenvalue weighted by Crippen LogP contribution is -2.49. The van der Waals surface area contributed by atoms with E-state index in [0.717, 1.165) is 5.75 Å². The number of nitrogens with one attached hydrogen (secondary N) is 1. The van der Waals surface area contributed by atoms with Gasteiger partial charge in [-0.05, 0) is 50.5 Å². The fraction of sp³-hybridized carbons (Fsp3) is 0.464. The first-order valence-corrected chi connectivity index (χ1v) is 13.9. The highest BCUT2D eigenvalue weighted by Crippen LogP contribution is 2.37. The number of carbonyl (C=O) groups is 3. The van der Waals surface area contributed by atoms with Crippen LogP contribution in [0.3, 0.4) is 0 Å². The van der Waals surface area contributed by atoms with Crippen molar-refractivity contribution in [2.24, 2.45) is 5.92 Å². The van der Waals surface area contributed by atoms with Crippen LogP contribution < -0.4 is 10.1 Å². The molecule has 0 aromatic heterocycles. The minimum absolute atomic E-state index is 0.126. The summed E-state index contributed by atoms with van der Waals surface area (Å²) >= 11 is 7.98. The van der Waals surface area contributed by atoms with Crippen molar-refractivity contribution in [2.75, 3.05) is 18.8 Å². The number of hydrogen-bond acceptors (Lipinski definition) is 6. The Hall–Kier alpha value is -2.71. The maximum Gasteiger partial charge on any atom is 0.325 e. The third-order valence-corrected chi connectivity index (χ3v) is 6.87. The Labute approximate surface area is 228 Å². The van der Waals surface area contributed by atoms with Crippen LogP contribution in [0.1, 0.15) is 51.8 Å². The summed E-state index contributed by atoms with van der Waals surface area (Å²) < 4.78 is 11.5. The maximum absolute atomic E-state index is 13.7. The van der Waals surface area contributed by atoms with Gasteiger partial charge in [-0.25, -0.2) is 0 Å². The molecule has 0 fully saturated rings. The van der Waals surface area contributed by atoms with E-state index in [0.29, 0.717) is 28.6 Å². The first-order chi connectivity index (χ1) is 17.5. The third-order valence-electron chi connectivity index (χ3n) is 5.63. The zero-order valence-corrected chi connectivity index (χ0v) is 23.5. The van der Waals surface area contributed by atoms with Gasteiger partial charge in [-0.15, -0.1) is 0 Å². The van der Waals surface area contributed by atoms with Crippen LogP contribution in [0.5, 0.6) is 5.75 Å². The Bertz CT molecular complexity index is 1100. The molecule has 200 valence electrons. The largest absolute Gasteiger partial charge is 0.480 e. The Morgan fingerprint density at radius 3 is 2.51 bits per heavy atom. The van der Waals surface area contributed by atoms with Crippen molar-refractivity contribution in [1.82, 2.24) is 10.2 Å². The van der Waals surface area contributed by atoms with Crippen molar-refractivity contribution < 1.29 is 23.9 Å². The van der Waals surface area contributed by atoms with E-state index in [9.17, 15) is 14.4 Å². The Morgan fingerprint density at radius 2 is 1.86 bits per heavy atom. The summed E-state index contributed by atoms with van der Waals surface area (Å²) in [5.41, 5.74) is 0.987. The molecule has 1 aliphatic heterocycles. The van der Waals surface area contributed by atoms with E-state index < -0.39 is 29.6 Å². The number of ether oxygens (including phenoxy) is 2. The lowest BCUT2D eigenvalue weighted by Gasteiger charge is -2.31. The fourth-order valence-electron chi connectivity index (χ4n) is 3.99. The zero-order valence-electron chi connectivity index (χ0n) is 22.0. The van der Waals surface area contributed by atoms with E-state index >= 15 is 0 Å². The molecule has 2 aromatic carbocycles. The summed E-state index contributed by atoms with van der Waals surface area (Å²) in [7, 11) is 0. The lowest BCUT2D eigenvalue weighted by atomic mass is 10.0. The maximum atomic E-state index is 13.7. The van der Waals surface area contributed by atoms with Gasteiger partial charge in [0.25, 0.3) is 5.91 Å². The molecule has 0 radical (unpaired) electrons. The molecule has 0 saturated heterocycles. The molecule has 2 amide bonds. The number of hydrogen-bond donors (Lipinski definition) is 1. The van der Waals surface area contributed by atoms with Gasteiger partial charge in [0.2, 0.25) is 5.91 Å². The number of esters is 1. The van der Waals surface area contributed by atoms with Gasteiger partial charge in [-0.2, -0.15) is 11.8 Å². The van der Waals surface area contributed by atoms with Crippen molar-refractivity contribution in [1.29, 1.82) is 0 Å². The number of fused-ring (bicyclic) bond motifs is 1. The summed E-state index contributed by atoms with van der Waals surface area (Å²) in [5, 5.41) is 3.08. The minimum Gasteiger partial charge on any atom is -0.480 e. The molecule has 0 spiro atoms. The molecule has 37 heavy (non-hydrogen) atoms. The number of benzene rings is 2. The average molecular weight is 547 g/mol.